The van der Waals surface area contributed by atoms with Crippen molar-refractivity contribution in [2.24, 2.45) is 11.8 Å². The molecule has 1 saturated heterocycles. The van der Waals surface area contributed by atoms with Gasteiger partial charge in [-0.25, -0.2) is 0 Å². The van der Waals surface area contributed by atoms with Gasteiger partial charge in [0.2, 0.25) is 11.8 Å². The van der Waals surface area contributed by atoms with Gasteiger partial charge in [0.05, 0.1) is 0 Å². The molecule has 16 heavy (non-hydrogen) atoms. The van der Waals surface area contributed by atoms with Gasteiger partial charge < -0.3 is 10.6 Å². The van der Waals surface area contributed by atoms with E-state index in [0.29, 0.717) is 12.3 Å². The molecule has 1 saturated carbocycles. The molecule has 0 aromatic carbocycles. The quantitative estimate of drug-likeness (QED) is 0.742. The van der Waals surface area contributed by atoms with E-state index in [1.807, 2.05) is 6.92 Å². The van der Waals surface area contributed by atoms with Crippen LogP contribution >= 0.6 is 0 Å². The molecule has 2 aliphatic rings. The Morgan fingerprint density at radius 1 is 1.50 bits per heavy atom. The predicted octanol–water partition coefficient (Wildman–Crippen LogP) is 0.817. The van der Waals surface area contributed by atoms with Crippen LogP contribution in [0.1, 0.15) is 39.0 Å². The van der Waals surface area contributed by atoms with E-state index >= 15 is 0 Å². The maximum absolute atomic E-state index is 11.8. The van der Waals surface area contributed by atoms with Gasteiger partial charge in [-0.2, -0.15) is 0 Å². The zero-order valence-electron chi connectivity index (χ0n) is 9.79. The number of hydrogen-bond donors (Lipinski definition) is 2. The smallest absolute Gasteiger partial charge is 0.223 e. The number of carbonyl (C=O) groups excluding carboxylic acids is 2. The van der Waals surface area contributed by atoms with Crippen LogP contribution in [0.25, 0.3) is 0 Å². The van der Waals surface area contributed by atoms with E-state index in [9.17, 15) is 9.59 Å². The van der Waals surface area contributed by atoms with Crippen molar-refractivity contribution < 1.29 is 9.59 Å². The highest BCUT2D eigenvalue weighted by atomic mass is 16.2. The molecule has 0 aromatic rings. The molecule has 0 bridgehead atoms. The van der Waals surface area contributed by atoms with E-state index < -0.39 is 0 Å². The van der Waals surface area contributed by atoms with Gasteiger partial charge in [-0.15, -0.1) is 0 Å². The Bertz CT molecular complexity index is 287. The number of nitrogens with one attached hydrogen (secondary N) is 2. The molecule has 4 nitrogen and oxygen atoms in total. The van der Waals surface area contributed by atoms with Crippen LogP contribution in [0, 0.1) is 11.8 Å². The molecule has 0 radical (unpaired) electrons. The summed E-state index contributed by atoms with van der Waals surface area (Å²) < 4.78 is 0. The lowest BCUT2D eigenvalue weighted by Crippen LogP contribution is -2.46. The van der Waals surface area contributed by atoms with Crippen molar-refractivity contribution in [3.63, 3.8) is 0 Å². The van der Waals surface area contributed by atoms with Gasteiger partial charge in [0.25, 0.3) is 0 Å². The predicted molar refractivity (Wildman–Crippen MR) is 60.7 cm³/mol. The average molecular weight is 224 g/mol. The first-order valence-electron chi connectivity index (χ1n) is 6.26. The van der Waals surface area contributed by atoms with E-state index in [-0.39, 0.29) is 23.8 Å². The molecule has 1 aliphatic heterocycles. The summed E-state index contributed by atoms with van der Waals surface area (Å²) in [5, 5.41) is 5.87. The highest BCUT2D eigenvalue weighted by Crippen LogP contribution is 2.28. The molecular weight excluding hydrogens is 204 g/mol. The monoisotopic (exact) mass is 224 g/mol. The van der Waals surface area contributed by atoms with Gasteiger partial charge in [-0.05, 0) is 31.6 Å². The lowest BCUT2D eigenvalue weighted by atomic mass is 9.90. The van der Waals surface area contributed by atoms with Gasteiger partial charge in [-0.1, -0.05) is 6.92 Å². The Morgan fingerprint density at radius 3 is 2.88 bits per heavy atom. The van der Waals surface area contributed by atoms with Crippen LogP contribution in [0.3, 0.4) is 0 Å². The lowest BCUT2D eigenvalue weighted by molar-refractivity contribution is -0.133. The fraction of sp³-hybridized carbons (Fsp3) is 0.833. The first-order chi connectivity index (χ1) is 7.69. The summed E-state index contributed by atoms with van der Waals surface area (Å²) in [6, 6.07) is 0.179. The summed E-state index contributed by atoms with van der Waals surface area (Å²) in [5.74, 6) is 0.672. The number of hydrogen-bond acceptors (Lipinski definition) is 2. The van der Waals surface area contributed by atoms with Crippen molar-refractivity contribution in [3.05, 3.63) is 0 Å². The number of piperidine rings is 1. The Balaban J connectivity index is 1.81. The molecule has 90 valence electrons. The summed E-state index contributed by atoms with van der Waals surface area (Å²) in [7, 11) is 0. The second-order valence-electron chi connectivity index (χ2n) is 5.00. The van der Waals surface area contributed by atoms with Crippen LogP contribution < -0.4 is 10.6 Å². The third-order valence-electron chi connectivity index (χ3n) is 3.49. The summed E-state index contributed by atoms with van der Waals surface area (Å²) >= 11 is 0. The van der Waals surface area contributed by atoms with E-state index in [1.165, 1.54) is 12.8 Å². The molecule has 1 heterocycles. The molecule has 1 aliphatic carbocycles. The zero-order valence-corrected chi connectivity index (χ0v) is 9.79. The summed E-state index contributed by atoms with van der Waals surface area (Å²) in [6.45, 7) is 2.84. The molecule has 2 N–H and O–H groups in total. The summed E-state index contributed by atoms with van der Waals surface area (Å²) in [4.78, 5) is 23.3. The third-order valence-corrected chi connectivity index (χ3v) is 3.49. The summed E-state index contributed by atoms with van der Waals surface area (Å²) in [6.07, 6.45) is 4.52. The van der Waals surface area contributed by atoms with Crippen LogP contribution in [-0.2, 0) is 9.59 Å². The Kier molecular flexibility index (Phi) is 3.46. The molecule has 0 aromatic heterocycles. The fourth-order valence-electron chi connectivity index (χ4n) is 2.18. The molecule has 4 heteroatoms. The van der Waals surface area contributed by atoms with Crippen molar-refractivity contribution >= 4 is 11.8 Å². The normalized spacial score (nSPS) is 29.7. The summed E-state index contributed by atoms with van der Waals surface area (Å²) in [5.41, 5.74) is 0. The van der Waals surface area contributed by atoms with E-state index in [4.69, 9.17) is 0 Å². The van der Waals surface area contributed by atoms with Gasteiger partial charge >= 0.3 is 0 Å². The van der Waals surface area contributed by atoms with Crippen molar-refractivity contribution in [1.29, 1.82) is 0 Å². The molecular formula is C12H20N2O2. The minimum absolute atomic E-state index is 0.0182. The van der Waals surface area contributed by atoms with E-state index in [1.54, 1.807) is 0 Å². The Hall–Kier alpha value is -1.06. The second kappa shape index (κ2) is 4.85. The van der Waals surface area contributed by atoms with Gasteiger partial charge in [-0.3, -0.25) is 9.59 Å². The van der Waals surface area contributed by atoms with Crippen molar-refractivity contribution in [2.75, 3.05) is 6.54 Å². The number of amides is 2. The highest BCUT2D eigenvalue weighted by Gasteiger charge is 2.31. The third kappa shape index (κ3) is 2.97. The molecule has 2 amide bonds. The fourth-order valence-corrected chi connectivity index (χ4v) is 2.18. The first-order valence-corrected chi connectivity index (χ1v) is 6.26. The Morgan fingerprint density at radius 2 is 2.25 bits per heavy atom. The topological polar surface area (TPSA) is 58.2 Å². The van der Waals surface area contributed by atoms with Crippen molar-refractivity contribution in [3.8, 4) is 0 Å². The van der Waals surface area contributed by atoms with Crippen LogP contribution in [0.15, 0.2) is 0 Å². The molecule has 0 spiro atoms. The zero-order chi connectivity index (χ0) is 11.5. The van der Waals surface area contributed by atoms with Gasteiger partial charge in [0.15, 0.2) is 0 Å². The largest absolute Gasteiger partial charge is 0.356 e. The van der Waals surface area contributed by atoms with Gasteiger partial charge in [0.1, 0.15) is 0 Å². The van der Waals surface area contributed by atoms with Crippen LogP contribution in [-0.4, -0.2) is 24.4 Å². The highest BCUT2D eigenvalue weighted by molar-refractivity contribution is 5.87. The van der Waals surface area contributed by atoms with E-state index in [0.717, 1.165) is 19.4 Å². The lowest BCUT2D eigenvalue weighted by Gasteiger charge is -2.28. The molecule has 2 unspecified atom stereocenters. The van der Waals surface area contributed by atoms with Crippen LogP contribution in [0.4, 0.5) is 0 Å². The first kappa shape index (κ1) is 11.4. The molecule has 2 fully saturated rings. The van der Waals surface area contributed by atoms with Crippen molar-refractivity contribution in [1.82, 2.24) is 10.6 Å². The maximum Gasteiger partial charge on any atom is 0.223 e. The van der Waals surface area contributed by atoms with Crippen LogP contribution in [0.5, 0.6) is 0 Å². The van der Waals surface area contributed by atoms with Crippen molar-refractivity contribution in [2.45, 2.75) is 45.1 Å². The second-order valence-corrected chi connectivity index (χ2v) is 5.00. The number of rotatable bonds is 4. The average Bonchev–Trinajstić information content (AvgIpc) is 3.08. The standard InChI is InChI=1S/C12H20N2O2/c1-2-10-5-9(6-11(15)14-10)12(16)13-7-8-3-4-8/h8-10H,2-7H2,1H3,(H,13,16)(H,14,15). The van der Waals surface area contributed by atoms with Gasteiger partial charge in [0, 0.05) is 24.9 Å². The number of carbonyl (C=O) groups is 2. The van der Waals surface area contributed by atoms with E-state index in [2.05, 4.69) is 10.6 Å². The minimum atomic E-state index is -0.113. The molecule has 2 rings (SSSR count). The molecule has 2 atom stereocenters. The SMILES string of the molecule is CCC1CC(C(=O)NCC2CC2)CC(=O)N1. The van der Waals surface area contributed by atoms with Crippen LogP contribution in [0.2, 0.25) is 0 Å². The maximum atomic E-state index is 11.8. The minimum Gasteiger partial charge on any atom is -0.356 e. The Labute approximate surface area is 96.2 Å².